The third-order valence-electron chi connectivity index (χ3n) is 5.19. The Hall–Kier alpha value is -3.01. The van der Waals surface area contributed by atoms with Gasteiger partial charge in [-0.2, -0.15) is 0 Å². The molecule has 2 aromatic carbocycles. The number of hydrogen-bond donors (Lipinski definition) is 0. The standard InChI is InChI=1S/C26H31NO3/c1-19(2)30-24-13-11-23(12-14-24)26(22-9-7-20(3)8-10-22)15-16-27(21(4)28)18-25-6-5-17-29-25/h5-14,17,19,26H,15-16,18H2,1-4H3. The Morgan fingerprint density at radius 1 is 1.00 bits per heavy atom. The van der Waals surface area contributed by atoms with Crippen molar-refractivity contribution in [3.05, 3.63) is 89.4 Å². The summed E-state index contributed by atoms with van der Waals surface area (Å²) in [6.07, 6.45) is 2.62. The summed E-state index contributed by atoms with van der Waals surface area (Å²) in [6, 6.07) is 20.7. The molecule has 1 aromatic heterocycles. The van der Waals surface area contributed by atoms with Gasteiger partial charge in [0, 0.05) is 19.4 Å². The zero-order chi connectivity index (χ0) is 21.5. The molecular formula is C26H31NO3. The summed E-state index contributed by atoms with van der Waals surface area (Å²) >= 11 is 0. The van der Waals surface area contributed by atoms with Gasteiger partial charge in [0.2, 0.25) is 5.91 Å². The summed E-state index contributed by atoms with van der Waals surface area (Å²) in [7, 11) is 0. The topological polar surface area (TPSA) is 42.7 Å². The molecule has 3 rings (SSSR count). The van der Waals surface area contributed by atoms with E-state index < -0.39 is 0 Å². The van der Waals surface area contributed by atoms with Crippen molar-refractivity contribution in [2.45, 2.75) is 52.7 Å². The molecule has 0 radical (unpaired) electrons. The van der Waals surface area contributed by atoms with Gasteiger partial charge in [0.25, 0.3) is 0 Å². The molecule has 3 aromatic rings. The van der Waals surface area contributed by atoms with Crippen molar-refractivity contribution in [3.8, 4) is 5.75 Å². The van der Waals surface area contributed by atoms with Gasteiger partial charge in [0.05, 0.1) is 18.9 Å². The zero-order valence-corrected chi connectivity index (χ0v) is 18.3. The molecule has 0 saturated heterocycles. The third-order valence-corrected chi connectivity index (χ3v) is 5.19. The second-order valence-corrected chi connectivity index (χ2v) is 8.01. The second-order valence-electron chi connectivity index (χ2n) is 8.01. The lowest BCUT2D eigenvalue weighted by atomic mass is 9.88. The highest BCUT2D eigenvalue weighted by molar-refractivity contribution is 5.73. The summed E-state index contributed by atoms with van der Waals surface area (Å²) in [5.41, 5.74) is 3.71. The molecule has 4 heteroatoms. The van der Waals surface area contributed by atoms with Gasteiger partial charge >= 0.3 is 0 Å². The van der Waals surface area contributed by atoms with Crippen LogP contribution in [0.3, 0.4) is 0 Å². The Labute approximate surface area is 179 Å². The first-order valence-electron chi connectivity index (χ1n) is 10.5. The largest absolute Gasteiger partial charge is 0.491 e. The van der Waals surface area contributed by atoms with E-state index in [1.54, 1.807) is 13.2 Å². The predicted octanol–water partition coefficient (Wildman–Crippen LogP) is 5.95. The summed E-state index contributed by atoms with van der Waals surface area (Å²) in [5, 5.41) is 0. The molecule has 0 aliphatic heterocycles. The molecule has 158 valence electrons. The molecule has 1 amide bonds. The molecular weight excluding hydrogens is 374 g/mol. The smallest absolute Gasteiger partial charge is 0.219 e. The number of hydrogen-bond acceptors (Lipinski definition) is 3. The maximum Gasteiger partial charge on any atom is 0.219 e. The van der Waals surface area contributed by atoms with Crippen molar-refractivity contribution in [3.63, 3.8) is 0 Å². The minimum Gasteiger partial charge on any atom is -0.491 e. The van der Waals surface area contributed by atoms with E-state index in [1.807, 2.05) is 43.0 Å². The van der Waals surface area contributed by atoms with Crippen LogP contribution >= 0.6 is 0 Å². The lowest BCUT2D eigenvalue weighted by Crippen LogP contribution is -2.30. The van der Waals surface area contributed by atoms with Crippen LogP contribution < -0.4 is 4.74 Å². The van der Waals surface area contributed by atoms with Crippen molar-refractivity contribution < 1.29 is 13.9 Å². The molecule has 30 heavy (non-hydrogen) atoms. The van der Waals surface area contributed by atoms with E-state index in [0.717, 1.165) is 17.9 Å². The summed E-state index contributed by atoms with van der Waals surface area (Å²) in [4.78, 5) is 14.1. The van der Waals surface area contributed by atoms with Crippen LogP contribution in [0.15, 0.2) is 71.3 Å². The number of benzene rings is 2. The van der Waals surface area contributed by atoms with Crippen LogP contribution in [-0.2, 0) is 11.3 Å². The van der Waals surface area contributed by atoms with Crippen molar-refractivity contribution in [2.75, 3.05) is 6.54 Å². The van der Waals surface area contributed by atoms with Crippen molar-refractivity contribution in [2.24, 2.45) is 0 Å². The summed E-state index contributed by atoms with van der Waals surface area (Å²) in [6.45, 7) is 8.90. The zero-order valence-electron chi connectivity index (χ0n) is 18.3. The highest BCUT2D eigenvalue weighted by Crippen LogP contribution is 2.30. The number of amides is 1. The Kier molecular flexibility index (Phi) is 7.34. The van der Waals surface area contributed by atoms with Gasteiger partial charge in [-0.1, -0.05) is 42.0 Å². The minimum absolute atomic E-state index is 0.0507. The van der Waals surface area contributed by atoms with Gasteiger partial charge in [0.1, 0.15) is 11.5 Å². The third kappa shape index (κ3) is 5.99. The van der Waals surface area contributed by atoms with Crippen molar-refractivity contribution >= 4 is 5.91 Å². The molecule has 1 heterocycles. The van der Waals surface area contributed by atoms with E-state index in [0.29, 0.717) is 13.1 Å². The average molecular weight is 406 g/mol. The maximum atomic E-state index is 12.2. The molecule has 0 aliphatic rings. The number of carbonyl (C=O) groups is 1. The lowest BCUT2D eigenvalue weighted by Gasteiger charge is -2.25. The van der Waals surface area contributed by atoms with E-state index in [9.17, 15) is 4.79 Å². The van der Waals surface area contributed by atoms with Gasteiger partial charge in [-0.15, -0.1) is 0 Å². The Balaban J connectivity index is 1.80. The van der Waals surface area contributed by atoms with Crippen molar-refractivity contribution in [1.82, 2.24) is 4.90 Å². The molecule has 0 fully saturated rings. The molecule has 0 bridgehead atoms. The molecule has 0 N–H and O–H groups in total. The maximum absolute atomic E-state index is 12.2. The van der Waals surface area contributed by atoms with Crippen molar-refractivity contribution in [1.29, 1.82) is 0 Å². The second kappa shape index (κ2) is 10.1. The highest BCUT2D eigenvalue weighted by atomic mass is 16.5. The van der Waals surface area contributed by atoms with E-state index in [2.05, 4.69) is 43.3 Å². The van der Waals surface area contributed by atoms with Crippen LogP contribution in [0.25, 0.3) is 0 Å². The van der Waals surface area contributed by atoms with Crippen LogP contribution in [0.4, 0.5) is 0 Å². The van der Waals surface area contributed by atoms with Gasteiger partial charge in [-0.25, -0.2) is 0 Å². The first kappa shape index (κ1) is 21.7. The number of ether oxygens (including phenoxy) is 1. The number of nitrogens with zero attached hydrogens (tertiary/aromatic N) is 1. The fourth-order valence-corrected chi connectivity index (χ4v) is 3.60. The van der Waals surface area contributed by atoms with E-state index in [-0.39, 0.29) is 17.9 Å². The van der Waals surface area contributed by atoms with Gasteiger partial charge in [0.15, 0.2) is 0 Å². The van der Waals surface area contributed by atoms with Crippen LogP contribution in [-0.4, -0.2) is 23.5 Å². The fraction of sp³-hybridized carbons (Fsp3) is 0.346. The average Bonchev–Trinajstić information content (AvgIpc) is 3.22. The predicted molar refractivity (Wildman–Crippen MR) is 120 cm³/mol. The number of aryl methyl sites for hydroxylation is 1. The van der Waals surface area contributed by atoms with Crippen LogP contribution in [0.2, 0.25) is 0 Å². The monoisotopic (exact) mass is 405 g/mol. The molecule has 4 nitrogen and oxygen atoms in total. The van der Waals surface area contributed by atoms with E-state index >= 15 is 0 Å². The Bertz CT molecular complexity index is 912. The number of furan rings is 1. The van der Waals surface area contributed by atoms with E-state index in [1.165, 1.54) is 16.7 Å². The molecule has 0 spiro atoms. The highest BCUT2D eigenvalue weighted by Gasteiger charge is 2.18. The van der Waals surface area contributed by atoms with Gasteiger partial charge in [-0.05, 0) is 62.6 Å². The number of rotatable bonds is 9. The van der Waals surface area contributed by atoms with Crippen LogP contribution in [0, 0.1) is 6.92 Å². The summed E-state index contributed by atoms with van der Waals surface area (Å²) < 4.78 is 11.2. The normalized spacial score (nSPS) is 12.0. The number of carbonyl (C=O) groups excluding carboxylic acids is 1. The SMILES string of the molecule is CC(=O)N(CCC(c1ccc(C)cc1)c1ccc(OC(C)C)cc1)Cc1ccco1. The molecule has 0 saturated carbocycles. The Morgan fingerprint density at radius 2 is 1.63 bits per heavy atom. The van der Waals surface area contributed by atoms with Gasteiger partial charge < -0.3 is 14.1 Å². The van der Waals surface area contributed by atoms with Crippen LogP contribution in [0.5, 0.6) is 5.75 Å². The van der Waals surface area contributed by atoms with Crippen LogP contribution in [0.1, 0.15) is 55.6 Å². The fourth-order valence-electron chi connectivity index (χ4n) is 3.60. The summed E-state index contributed by atoms with van der Waals surface area (Å²) in [5.74, 6) is 1.92. The molecule has 1 atom stereocenters. The van der Waals surface area contributed by atoms with Gasteiger partial charge in [-0.3, -0.25) is 4.79 Å². The molecule has 1 unspecified atom stereocenters. The lowest BCUT2D eigenvalue weighted by molar-refractivity contribution is -0.129. The minimum atomic E-state index is 0.0507. The molecule has 0 aliphatic carbocycles. The van der Waals surface area contributed by atoms with E-state index in [4.69, 9.17) is 9.15 Å². The quantitative estimate of drug-likeness (QED) is 0.442. The first-order valence-corrected chi connectivity index (χ1v) is 10.5. The first-order chi connectivity index (χ1) is 14.4. The Morgan fingerprint density at radius 3 is 2.17 bits per heavy atom.